The van der Waals surface area contributed by atoms with Crippen molar-refractivity contribution in [1.29, 1.82) is 0 Å². The molecule has 1 aliphatic rings. The second-order valence-electron chi connectivity index (χ2n) is 7.47. The maximum Gasteiger partial charge on any atom is 0.223 e. The highest BCUT2D eigenvalue weighted by atomic mass is 16.5. The zero-order chi connectivity index (χ0) is 22.2. The van der Waals surface area contributed by atoms with Crippen LogP contribution in [0.1, 0.15) is 24.0 Å². The Hall–Kier alpha value is -2.93. The molecule has 1 amide bonds. The molecule has 1 fully saturated rings. The largest absolute Gasteiger partial charge is 0.493 e. The van der Waals surface area contributed by atoms with E-state index in [1.54, 1.807) is 28.4 Å². The van der Waals surface area contributed by atoms with Crippen LogP contribution < -0.4 is 24.3 Å². The number of carbonyl (C=O) groups is 1. The predicted octanol–water partition coefficient (Wildman–Crippen LogP) is 3.04. The lowest BCUT2D eigenvalue weighted by Crippen LogP contribution is -2.44. The maximum atomic E-state index is 12.4. The Morgan fingerprint density at radius 1 is 0.839 bits per heavy atom. The molecule has 1 unspecified atom stereocenters. The van der Waals surface area contributed by atoms with Crippen LogP contribution in [0.2, 0.25) is 0 Å². The number of hydrogen-bond acceptors (Lipinski definition) is 6. The summed E-state index contributed by atoms with van der Waals surface area (Å²) in [7, 11) is 6.52. The molecule has 0 radical (unpaired) electrons. The molecule has 0 aliphatic carbocycles. The van der Waals surface area contributed by atoms with Gasteiger partial charge in [-0.05, 0) is 54.7 Å². The Bertz CT molecular complexity index is 886. The molecule has 1 heterocycles. The zero-order valence-electron chi connectivity index (χ0n) is 18.8. The van der Waals surface area contributed by atoms with Crippen LogP contribution in [0, 0.1) is 0 Å². The van der Waals surface area contributed by atoms with Gasteiger partial charge in [-0.3, -0.25) is 10.1 Å². The number of benzene rings is 2. The van der Waals surface area contributed by atoms with Crippen molar-refractivity contribution in [2.45, 2.75) is 31.8 Å². The van der Waals surface area contributed by atoms with Crippen LogP contribution in [0.5, 0.6) is 23.0 Å². The monoisotopic (exact) mass is 428 g/mol. The fourth-order valence-corrected chi connectivity index (χ4v) is 3.93. The summed E-state index contributed by atoms with van der Waals surface area (Å²) in [6.07, 6.45) is 3.08. The third-order valence-electron chi connectivity index (χ3n) is 5.66. The molecule has 0 bridgehead atoms. The summed E-state index contributed by atoms with van der Waals surface area (Å²) < 4.78 is 21.4. The van der Waals surface area contributed by atoms with Crippen LogP contribution in [-0.4, -0.2) is 58.5 Å². The average molecular weight is 429 g/mol. The number of rotatable bonds is 11. The third kappa shape index (κ3) is 5.61. The first kappa shape index (κ1) is 22.7. The molecule has 1 aliphatic heterocycles. The Morgan fingerprint density at radius 3 is 1.94 bits per heavy atom. The molecule has 31 heavy (non-hydrogen) atoms. The molecular weight excluding hydrogens is 396 g/mol. The van der Waals surface area contributed by atoms with Gasteiger partial charge >= 0.3 is 0 Å². The summed E-state index contributed by atoms with van der Waals surface area (Å²) in [6, 6.07) is 11.8. The van der Waals surface area contributed by atoms with E-state index in [1.807, 2.05) is 41.3 Å². The summed E-state index contributed by atoms with van der Waals surface area (Å²) in [5.41, 5.74) is 2.27. The standard InChI is InChI=1S/C24H32N2O5/c1-28-19-7-5-17(15-21(19)30-3)11-13-25-23-9-10-24(27)26(23)14-12-18-6-8-20(29-2)22(16-18)31-4/h5-8,15-16,23,25H,9-14H2,1-4H3. The van der Waals surface area contributed by atoms with Crippen LogP contribution in [0.25, 0.3) is 0 Å². The molecule has 0 saturated carbocycles. The Balaban J connectivity index is 1.54. The van der Waals surface area contributed by atoms with E-state index >= 15 is 0 Å². The summed E-state index contributed by atoms with van der Waals surface area (Å²) in [5, 5.41) is 3.54. The maximum absolute atomic E-state index is 12.4. The molecule has 1 atom stereocenters. The minimum atomic E-state index is 0.0628. The van der Waals surface area contributed by atoms with E-state index in [9.17, 15) is 4.79 Å². The van der Waals surface area contributed by atoms with Gasteiger partial charge in [0, 0.05) is 19.5 Å². The van der Waals surface area contributed by atoms with Gasteiger partial charge in [0.1, 0.15) is 0 Å². The highest BCUT2D eigenvalue weighted by Gasteiger charge is 2.30. The number of nitrogens with zero attached hydrogens (tertiary/aromatic N) is 1. The highest BCUT2D eigenvalue weighted by molar-refractivity contribution is 5.78. The van der Waals surface area contributed by atoms with Crippen molar-refractivity contribution >= 4 is 5.91 Å². The van der Waals surface area contributed by atoms with Crippen LogP contribution in [0.15, 0.2) is 36.4 Å². The minimum Gasteiger partial charge on any atom is -0.493 e. The van der Waals surface area contributed by atoms with Crippen molar-refractivity contribution in [3.05, 3.63) is 47.5 Å². The van der Waals surface area contributed by atoms with Crippen LogP contribution in [0.3, 0.4) is 0 Å². The van der Waals surface area contributed by atoms with Gasteiger partial charge in [0.05, 0.1) is 34.6 Å². The number of ether oxygens (including phenoxy) is 4. The number of nitrogens with one attached hydrogen (secondary N) is 1. The fraction of sp³-hybridized carbons (Fsp3) is 0.458. The summed E-state index contributed by atoms with van der Waals surface area (Å²) in [6.45, 7) is 1.45. The van der Waals surface area contributed by atoms with E-state index in [-0.39, 0.29) is 12.1 Å². The lowest BCUT2D eigenvalue weighted by molar-refractivity contribution is -0.129. The predicted molar refractivity (Wildman–Crippen MR) is 119 cm³/mol. The topological polar surface area (TPSA) is 69.3 Å². The van der Waals surface area contributed by atoms with Gasteiger partial charge < -0.3 is 23.8 Å². The normalized spacial score (nSPS) is 15.8. The van der Waals surface area contributed by atoms with Gasteiger partial charge in [0.15, 0.2) is 23.0 Å². The quantitative estimate of drug-likeness (QED) is 0.593. The molecule has 7 nitrogen and oxygen atoms in total. The Kier molecular flexibility index (Phi) is 8.00. The molecule has 2 aromatic carbocycles. The average Bonchev–Trinajstić information content (AvgIpc) is 3.16. The number of methoxy groups -OCH3 is 4. The van der Waals surface area contributed by atoms with Gasteiger partial charge in [-0.15, -0.1) is 0 Å². The number of likely N-dealkylation sites (tertiary alicyclic amines) is 1. The molecule has 0 spiro atoms. The molecular formula is C24H32N2O5. The van der Waals surface area contributed by atoms with Gasteiger partial charge in [-0.25, -0.2) is 0 Å². The molecule has 0 aromatic heterocycles. The highest BCUT2D eigenvalue weighted by Crippen LogP contribution is 2.29. The van der Waals surface area contributed by atoms with Crippen LogP contribution in [-0.2, 0) is 17.6 Å². The second kappa shape index (κ2) is 10.9. The molecule has 2 aromatic rings. The van der Waals surface area contributed by atoms with Crippen molar-refractivity contribution in [3.63, 3.8) is 0 Å². The Labute approximate surface area is 184 Å². The lowest BCUT2D eigenvalue weighted by atomic mass is 10.1. The number of amides is 1. The molecule has 1 saturated heterocycles. The first-order valence-electron chi connectivity index (χ1n) is 10.5. The van der Waals surface area contributed by atoms with Gasteiger partial charge in [-0.1, -0.05) is 12.1 Å². The number of carbonyl (C=O) groups excluding carboxylic acids is 1. The van der Waals surface area contributed by atoms with Gasteiger partial charge in [0.25, 0.3) is 0 Å². The van der Waals surface area contributed by atoms with E-state index in [0.29, 0.717) is 24.5 Å². The van der Waals surface area contributed by atoms with E-state index in [4.69, 9.17) is 18.9 Å². The van der Waals surface area contributed by atoms with E-state index in [1.165, 1.54) is 0 Å². The van der Waals surface area contributed by atoms with Crippen LogP contribution >= 0.6 is 0 Å². The molecule has 1 N–H and O–H groups in total. The summed E-state index contributed by atoms with van der Waals surface area (Å²) in [5.74, 6) is 3.06. The Morgan fingerprint density at radius 2 is 1.39 bits per heavy atom. The number of hydrogen-bond donors (Lipinski definition) is 1. The smallest absolute Gasteiger partial charge is 0.223 e. The van der Waals surface area contributed by atoms with Crippen LogP contribution in [0.4, 0.5) is 0 Å². The summed E-state index contributed by atoms with van der Waals surface area (Å²) in [4.78, 5) is 14.4. The fourth-order valence-electron chi connectivity index (χ4n) is 3.93. The lowest BCUT2D eigenvalue weighted by Gasteiger charge is -2.26. The van der Waals surface area contributed by atoms with Crippen molar-refractivity contribution in [3.8, 4) is 23.0 Å². The van der Waals surface area contributed by atoms with Crippen molar-refractivity contribution in [2.75, 3.05) is 41.5 Å². The van der Waals surface area contributed by atoms with Crippen molar-refractivity contribution in [1.82, 2.24) is 10.2 Å². The summed E-state index contributed by atoms with van der Waals surface area (Å²) >= 11 is 0. The SMILES string of the molecule is COc1ccc(CCNC2CCC(=O)N2CCc2ccc(OC)c(OC)c2)cc1OC. The molecule has 3 rings (SSSR count). The first-order valence-corrected chi connectivity index (χ1v) is 10.5. The minimum absolute atomic E-state index is 0.0628. The van der Waals surface area contributed by atoms with Gasteiger partial charge in [0.2, 0.25) is 5.91 Å². The molecule has 168 valence electrons. The molecule has 7 heteroatoms. The van der Waals surface area contributed by atoms with Gasteiger partial charge in [-0.2, -0.15) is 0 Å². The van der Waals surface area contributed by atoms with E-state index in [0.717, 1.165) is 48.4 Å². The second-order valence-corrected chi connectivity index (χ2v) is 7.47. The van der Waals surface area contributed by atoms with E-state index < -0.39 is 0 Å². The van der Waals surface area contributed by atoms with Crippen molar-refractivity contribution in [2.24, 2.45) is 0 Å². The van der Waals surface area contributed by atoms with Crippen molar-refractivity contribution < 1.29 is 23.7 Å². The van der Waals surface area contributed by atoms with E-state index in [2.05, 4.69) is 5.32 Å². The third-order valence-corrected chi connectivity index (χ3v) is 5.66. The first-order chi connectivity index (χ1) is 15.1. The zero-order valence-corrected chi connectivity index (χ0v) is 18.8.